The van der Waals surface area contributed by atoms with E-state index in [-0.39, 0.29) is 37.2 Å². The number of aliphatic hydroxyl groups is 1. The van der Waals surface area contributed by atoms with E-state index in [9.17, 15) is 9.59 Å². The van der Waals surface area contributed by atoms with E-state index in [4.69, 9.17) is 14.6 Å². The number of nitrogens with one attached hydrogen (secondary N) is 2. The molecule has 33 heavy (non-hydrogen) atoms. The molecule has 0 atom stereocenters. The van der Waals surface area contributed by atoms with Crippen LogP contribution < -0.4 is 20.3 Å². The number of carbonyl (C=O) groups excluding carboxylic acids is 2. The van der Waals surface area contributed by atoms with Crippen LogP contribution in [0.4, 0.5) is 11.5 Å². The number of ether oxygens (including phenoxy) is 2. The fourth-order valence-electron chi connectivity index (χ4n) is 3.55. The van der Waals surface area contributed by atoms with Gasteiger partial charge in [0.25, 0.3) is 5.91 Å². The van der Waals surface area contributed by atoms with Crippen molar-refractivity contribution < 1.29 is 24.2 Å². The highest BCUT2D eigenvalue weighted by Gasteiger charge is 2.17. The number of benzene rings is 1. The van der Waals surface area contributed by atoms with E-state index in [1.54, 1.807) is 30.5 Å². The number of carbonyl (C=O) groups is 2. The molecule has 1 aromatic carbocycles. The molecule has 0 unspecified atom stereocenters. The highest BCUT2D eigenvalue weighted by molar-refractivity contribution is 6.05. The number of hydrogen-bond acceptors (Lipinski definition) is 8. The number of fused-ring (bicyclic) bond motifs is 1. The molecule has 0 radical (unpaired) electrons. The van der Waals surface area contributed by atoms with Gasteiger partial charge in [0, 0.05) is 37.3 Å². The molecule has 2 amide bonds. The first-order chi connectivity index (χ1) is 16.1. The number of aromatic nitrogens is 3. The lowest BCUT2D eigenvalue weighted by atomic mass is 10.2. The lowest BCUT2D eigenvalue weighted by molar-refractivity contribution is -0.122. The van der Waals surface area contributed by atoms with E-state index in [0.29, 0.717) is 30.2 Å². The van der Waals surface area contributed by atoms with Crippen LogP contribution in [0.15, 0.2) is 36.5 Å². The fraction of sp³-hybridized carbons (Fsp3) is 0.364. The summed E-state index contributed by atoms with van der Waals surface area (Å²) in [5.74, 6) is 0.548. The Morgan fingerprint density at radius 3 is 2.82 bits per heavy atom. The summed E-state index contributed by atoms with van der Waals surface area (Å²) in [7, 11) is 1.51. The number of nitrogens with zero attached hydrogens (tertiary/aromatic N) is 4. The Balaban J connectivity index is 1.52. The molecule has 1 aliphatic heterocycles. The Labute approximate surface area is 190 Å². The van der Waals surface area contributed by atoms with Gasteiger partial charge in [-0.05, 0) is 18.2 Å². The van der Waals surface area contributed by atoms with Gasteiger partial charge in [-0.2, -0.15) is 5.10 Å². The second-order valence-electron chi connectivity index (χ2n) is 7.45. The second kappa shape index (κ2) is 10.3. The van der Waals surface area contributed by atoms with Gasteiger partial charge in [0.05, 0.1) is 38.1 Å². The first-order valence-corrected chi connectivity index (χ1v) is 10.6. The zero-order chi connectivity index (χ0) is 23.2. The Kier molecular flexibility index (Phi) is 7.01. The lowest BCUT2D eigenvalue weighted by Gasteiger charge is -2.27. The number of hydrogen-bond donors (Lipinski definition) is 3. The summed E-state index contributed by atoms with van der Waals surface area (Å²) in [6.45, 7) is 2.78. The maximum Gasteiger partial charge on any atom is 0.274 e. The van der Waals surface area contributed by atoms with Crippen molar-refractivity contribution in [3.8, 4) is 5.75 Å². The molecule has 174 valence electrons. The number of aliphatic hydroxyl groups excluding tert-OH is 1. The zero-order valence-electron chi connectivity index (χ0n) is 18.3. The molecule has 1 saturated heterocycles. The summed E-state index contributed by atoms with van der Waals surface area (Å²) in [6.07, 6.45) is 1.71. The van der Waals surface area contributed by atoms with Crippen molar-refractivity contribution in [3.05, 3.63) is 42.2 Å². The molecule has 1 aliphatic rings. The SMILES string of the molecule is COc1cc2nn(CC(=O)NCCO)cc2cc1NC(=O)c1cccc(N2CCOCC2)n1. The van der Waals surface area contributed by atoms with E-state index < -0.39 is 0 Å². The normalized spacial score (nSPS) is 13.7. The molecule has 0 saturated carbocycles. The van der Waals surface area contributed by atoms with Crippen LogP contribution >= 0.6 is 0 Å². The van der Waals surface area contributed by atoms with Gasteiger partial charge in [-0.15, -0.1) is 0 Å². The third-order valence-electron chi connectivity index (χ3n) is 5.16. The van der Waals surface area contributed by atoms with Gasteiger partial charge in [-0.3, -0.25) is 14.3 Å². The van der Waals surface area contributed by atoms with Crippen molar-refractivity contribution in [1.82, 2.24) is 20.1 Å². The first kappa shape index (κ1) is 22.5. The first-order valence-electron chi connectivity index (χ1n) is 10.6. The van der Waals surface area contributed by atoms with Crippen molar-refractivity contribution in [2.45, 2.75) is 6.54 Å². The molecule has 0 spiro atoms. The van der Waals surface area contributed by atoms with Gasteiger partial charge < -0.3 is 30.1 Å². The molecule has 11 heteroatoms. The number of pyridine rings is 1. The van der Waals surface area contributed by atoms with Crippen LogP contribution in [-0.4, -0.2) is 78.3 Å². The minimum Gasteiger partial charge on any atom is -0.494 e. The summed E-state index contributed by atoms with van der Waals surface area (Å²) < 4.78 is 12.3. The summed E-state index contributed by atoms with van der Waals surface area (Å²) in [4.78, 5) is 31.4. The van der Waals surface area contributed by atoms with E-state index in [1.165, 1.54) is 11.8 Å². The van der Waals surface area contributed by atoms with E-state index in [0.717, 1.165) is 24.3 Å². The average Bonchev–Trinajstić information content (AvgIpc) is 3.23. The van der Waals surface area contributed by atoms with Gasteiger partial charge in [-0.1, -0.05) is 6.07 Å². The third kappa shape index (κ3) is 5.38. The highest BCUT2D eigenvalue weighted by Crippen LogP contribution is 2.30. The third-order valence-corrected chi connectivity index (χ3v) is 5.16. The van der Waals surface area contributed by atoms with Crippen molar-refractivity contribution >= 4 is 34.2 Å². The predicted molar refractivity (Wildman–Crippen MR) is 122 cm³/mol. The standard InChI is InChI=1S/C22H26N6O5/c1-32-19-12-17-15(13-28(26-17)14-21(30)23-5-8-29)11-18(19)25-22(31)16-3-2-4-20(24-16)27-6-9-33-10-7-27/h2-4,11-13,29H,5-10,14H2,1H3,(H,23,30)(H,25,31). The molecule has 2 aromatic heterocycles. The van der Waals surface area contributed by atoms with E-state index in [2.05, 4.69) is 25.6 Å². The summed E-state index contributed by atoms with van der Waals surface area (Å²) in [6, 6.07) is 8.78. The van der Waals surface area contributed by atoms with Gasteiger partial charge in [0.15, 0.2) is 0 Å². The maximum absolute atomic E-state index is 12.9. The number of anilines is 2. The minimum absolute atomic E-state index is 0.0109. The molecule has 0 aliphatic carbocycles. The smallest absolute Gasteiger partial charge is 0.274 e. The quantitative estimate of drug-likeness (QED) is 0.452. The number of methoxy groups -OCH3 is 1. The van der Waals surface area contributed by atoms with Gasteiger partial charge in [0.1, 0.15) is 23.8 Å². The molecular formula is C22H26N6O5. The van der Waals surface area contributed by atoms with Gasteiger partial charge in [-0.25, -0.2) is 4.98 Å². The Bertz CT molecular complexity index is 1140. The van der Waals surface area contributed by atoms with Crippen LogP contribution in [0, 0.1) is 0 Å². The molecule has 3 heterocycles. The van der Waals surface area contributed by atoms with Crippen LogP contribution in [0.1, 0.15) is 10.5 Å². The van der Waals surface area contributed by atoms with Crippen molar-refractivity contribution in [2.24, 2.45) is 0 Å². The van der Waals surface area contributed by atoms with Crippen LogP contribution in [0.25, 0.3) is 10.9 Å². The van der Waals surface area contributed by atoms with Gasteiger partial charge >= 0.3 is 0 Å². The monoisotopic (exact) mass is 454 g/mol. The minimum atomic E-state index is -0.362. The van der Waals surface area contributed by atoms with Gasteiger partial charge in [0.2, 0.25) is 5.91 Å². The van der Waals surface area contributed by atoms with Crippen molar-refractivity contribution in [1.29, 1.82) is 0 Å². The van der Waals surface area contributed by atoms with Crippen molar-refractivity contribution in [2.75, 3.05) is 56.8 Å². The zero-order valence-corrected chi connectivity index (χ0v) is 18.3. The Morgan fingerprint density at radius 2 is 2.06 bits per heavy atom. The summed E-state index contributed by atoms with van der Waals surface area (Å²) in [5.41, 5.74) is 1.38. The second-order valence-corrected chi connectivity index (χ2v) is 7.45. The molecule has 4 rings (SSSR count). The molecule has 1 fully saturated rings. The predicted octanol–water partition coefficient (Wildman–Crippen LogP) is 0.637. The Hall–Kier alpha value is -3.70. The van der Waals surface area contributed by atoms with Crippen LogP contribution in [0.5, 0.6) is 5.75 Å². The van der Waals surface area contributed by atoms with E-state index >= 15 is 0 Å². The summed E-state index contributed by atoms with van der Waals surface area (Å²) >= 11 is 0. The molecule has 0 bridgehead atoms. The topological polar surface area (TPSA) is 131 Å². The lowest BCUT2D eigenvalue weighted by Crippen LogP contribution is -2.37. The number of amides is 2. The molecule has 3 aromatic rings. The number of morpholine rings is 1. The summed E-state index contributed by atoms with van der Waals surface area (Å²) in [5, 5.41) is 19.4. The van der Waals surface area contributed by atoms with Crippen LogP contribution in [0.3, 0.4) is 0 Å². The maximum atomic E-state index is 12.9. The average molecular weight is 454 g/mol. The van der Waals surface area contributed by atoms with E-state index in [1.807, 2.05) is 6.07 Å². The van der Waals surface area contributed by atoms with Crippen molar-refractivity contribution in [3.63, 3.8) is 0 Å². The molecule has 3 N–H and O–H groups in total. The fourth-order valence-corrected chi connectivity index (χ4v) is 3.55. The van der Waals surface area contributed by atoms with Crippen LogP contribution in [-0.2, 0) is 16.1 Å². The Morgan fingerprint density at radius 1 is 1.24 bits per heavy atom. The van der Waals surface area contributed by atoms with Crippen LogP contribution in [0.2, 0.25) is 0 Å². The highest BCUT2D eigenvalue weighted by atomic mass is 16.5. The molecular weight excluding hydrogens is 428 g/mol. The largest absolute Gasteiger partial charge is 0.494 e. The number of rotatable bonds is 8. The molecule has 11 nitrogen and oxygen atoms in total.